The highest BCUT2D eigenvalue weighted by Gasteiger charge is 2.24. The number of hydrogen-bond donors (Lipinski definition) is 0. The van der Waals surface area contributed by atoms with Crippen LogP contribution < -0.4 is 4.74 Å². The second-order valence-corrected chi connectivity index (χ2v) is 6.48. The first-order valence-corrected chi connectivity index (χ1v) is 9.22. The summed E-state index contributed by atoms with van der Waals surface area (Å²) in [5.41, 5.74) is 0. The second-order valence-electron chi connectivity index (χ2n) is 6.48. The molecule has 152 valence electrons. The van der Waals surface area contributed by atoms with Gasteiger partial charge >= 0.3 is 0 Å². The summed E-state index contributed by atoms with van der Waals surface area (Å²) in [6, 6.07) is 5.60. The van der Waals surface area contributed by atoms with Crippen molar-refractivity contribution >= 4 is 5.91 Å². The lowest BCUT2D eigenvalue weighted by atomic mass is 10.1. The summed E-state index contributed by atoms with van der Waals surface area (Å²) in [5, 5.41) is 3.87. The highest BCUT2D eigenvalue weighted by atomic mass is 19.1. The molecule has 0 radical (unpaired) electrons. The van der Waals surface area contributed by atoms with Gasteiger partial charge in [0.15, 0.2) is 12.4 Å². The third kappa shape index (κ3) is 6.00. The Hall–Kier alpha value is -2.52. The Morgan fingerprint density at radius 2 is 2.04 bits per heavy atom. The highest BCUT2D eigenvalue weighted by Crippen LogP contribution is 2.16. The lowest BCUT2D eigenvalue weighted by molar-refractivity contribution is -0.136. The van der Waals surface area contributed by atoms with Crippen LogP contribution in [0.5, 0.6) is 5.75 Å². The van der Waals surface area contributed by atoms with Crippen LogP contribution in [0.4, 0.5) is 4.39 Å². The van der Waals surface area contributed by atoms with Gasteiger partial charge in [-0.3, -0.25) is 4.79 Å². The van der Waals surface area contributed by atoms with Crippen LogP contribution >= 0.6 is 0 Å². The first kappa shape index (κ1) is 20.2. The SMILES string of the molecule is COCCc1noc(COC2CCN(C(=O)COc3ccc(F)cc3)CC2)n1. The fourth-order valence-electron chi connectivity index (χ4n) is 2.87. The molecule has 0 spiro atoms. The number of piperidine rings is 1. The van der Waals surface area contributed by atoms with Crippen molar-refractivity contribution < 1.29 is 27.9 Å². The Bertz CT molecular complexity index is 744. The molecular formula is C19H24FN3O5. The summed E-state index contributed by atoms with van der Waals surface area (Å²) in [5.74, 6) is 1.08. The maximum atomic E-state index is 12.9. The van der Waals surface area contributed by atoms with Gasteiger partial charge in [-0.25, -0.2) is 4.39 Å². The number of hydrogen-bond acceptors (Lipinski definition) is 7. The van der Waals surface area contributed by atoms with E-state index in [1.54, 1.807) is 12.0 Å². The number of carbonyl (C=O) groups is 1. The van der Waals surface area contributed by atoms with Gasteiger partial charge in [-0.2, -0.15) is 4.98 Å². The molecule has 1 aliphatic rings. The van der Waals surface area contributed by atoms with Crippen LogP contribution in [0.15, 0.2) is 28.8 Å². The zero-order chi connectivity index (χ0) is 19.8. The molecule has 0 aliphatic carbocycles. The van der Waals surface area contributed by atoms with E-state index in [9.17, 15) is 9.18 Å². The normalized spacial score (nSPS) is 15.0. The molecule has 0 unspecified atom stereocenters. The lowest BCUT2D eigenvalue weighted by Crippen LogP contribution is -2.42. The van der Waals surface area contributed by atoms with Gasteiger partial charge in [0.25, 0.3) is 11.8 Å². The minimum atomic E-state index is -0.340. The van der Waals surface area contributed by atoms with Crippen molar-refractivity contribution in [2.45, 2.75) is 32.0 Å². The van der Waals surface area contributed by atoms with Crippen LogP contribution in [0.3, 0.4) is 0 Å². The molecule has 1 saturated heterocycles. The molecule has 0 bridgehead atoms. The van der Waals surface area contributed by atoms with E-state index in [0.29, 0.717) is 43.6 Å². The standard InChI is InChI=1S/C19H24FN3O5/c1-25-11-8-17-21-18(28-22-17)12-26-16-6-9-23(10-7-16)19(24)13-27-15-4-2-14(20)3-5-15/h2-5,16H,6-13H2,1H3. The van der Waals surface area contributed by atoms with Gasteiger partial charge in [0.1, 0.15) is 18.2 Å². The predicted molar refractivity (Wildman–Crippen MR) is 96.2 cm³/mol. The predicted octanol–water partition coefficient (Wildman–Crippen LogP) is 1.98. The van der Waals surface area contributed by atoms with Crippen molar-refractivity contribution in [2.24, 2.45) is 0 Å². The molecule has 2 aromatic rings. The smallest absolute Gasteiger partial charge is 0.260 e. The Labute approximate surface area is 162 Å². The van der Waals surface area contributed by atoms with Crippen LogP contribution in [0.1, 0.15) is 24.6 Å². The van der Waals surface area contributed by atoms with E-state index in [2.05, 4.69) is 10.1 Å². The largest absolute Gasteiger partial charge is 0.484 e. The van der Waals surface area contributed by atoms with E-state index in [-0.39, 0.29) is 31.0 Å². The number of carbonyl (C=O) groups excluding carboxylic acids is 1. The van der Waals surface area contributed by atoms with Gasteiger partial charge in [0, 0.05) is 26.6 Å². The van der Waals surface area contributed by atoms with Crippen LogP contribution in [0.25, 0.3) is 0 Å². The van der Waals surface area contributed by atoms with E-state index < -0.39 is 0 Å². The molecule has 1 fully saturated rings. The molecule has 0 N–H and O–H groups in total. The van der Waals surface area contributed by atoms with Crippen molar-refractivity contribution in [1.82, 2.24) is 15.0 Å². The number of amides is 1. The first-order chi connectivity index (χ1) is 13.6. The van der Waals surface area contributed by atoms with Gasteiger partial charge in [0.2, 0.25) is 0 Å². The van der Waals surface area contributed by atoms with Gasteiger partial charge < -0.3 is 23.6 Å². The van der Waals surface area contributed by atoms with Crippen molar-refractivity contribution in [3.63, 3.8) is 0 Å². The number of rotatable bonds is 9. The molecule has 9 heteroatoms. The Morgan fingerprint density at radius 1 is 1.29 bits per heavy atom. The molecule has 3 rings (SSSR count). The van der Waals surface area contributed by atoms with Crippen molar-refractivity contribution in [3.05, 3.63) is 41.8 Å². The van der Waals surface area contributed by atoms with Crippen LogP contribution in [0, 0.1) is 5.82 Å². The summed E-state index contributed by atoms with van der Waals surface area (Å²) in [7, 11) is 1.62. The van der Waals surface area contributed by atoms with Crippen molar-refractivity contribution in [2.75, 3.05) is 33.4 Å². The molecule has 1 amide bonds. The summed E-state index contributed by atoms with van der Waals surface area (Å²) in [4.78, 5) is 18.3. The van der Waals surface area contributed by atoms with E-state index in [0.717, 1.165) is 12.8 Å². The van der Waals surface area contributed by atoms with E-state index >= 15 is 0 Å². The van der Waals surface area contributed by atoms with E-state index in [4.69, 9.17) is 18.7 Å². The van der Waals surface area contributed by atoms with Crippen LogP contribution in [0.2, 0.25) is 0 Å². The maximum absolute atomic E-state index is 12.9. The highest BCUT2D eigenvalue weighted by molar-refractivity contribution is 5.77. The molecule has 2 heterocycles. The minimum Gasteiger partial charge on any atom is -0.484 e. The molecule has 1 aromatic heterocycles. The summed E-state index contributed by atoms with van der Waals surface area (Å²) in [6.45, 7) is 1.92. The molecule has 1 aromatic carbocycles. The fraction of sp³-hybridized carbons (Fsp3) is 0.526. The average molecular weight is 393 g/mol. The number of benzene rings is 1. The second kappa shape index (κ2) is 10.1. The molecule has 28 heavy (non-hydrogen) atoms. The number of likely N-dealkylation sites (tertiary alicyclic amines) is 1. The quantitative estimate of drug-likeness (QED) is 0.644. The third-order valence-electron chi connectivity index (χ3n) is 4.45. The zero-order valence-electron chi connectivity index (χ0n) is 15.8. The first-order valence-electron chi connectivity index (χ1n) is 9.22. The number of nitrogens with zero attached hydrogens (tertiary/aromatic N) is 3. The minimum absolute atomic E-state index is 0.0383. The maximum Gasteiger partial charge on any atom is 0.260 e. The topological polar surface area (TPSA) is 86.9 Å². The Morgan fingerprint density at radius 3 is 2.75 bits per heavy atom. The molecule has 0 atom stereocenters. The van der Waals surface area contributed by atoms with Gasteiger partial charge in [-0.15, -0.1) is 0 Å². The molecule has 0 saturated carbocycles. The summed E-state index contributed by atoms with van der Waals surface area (Å²) < 4.78 is 34.2. The van der Waals surface area contributed by atoms with Gasteiger partial charge in [-0.1, -0.05) is 5.16 Å². The number of methoxy groups -OCH3 is 1. The monoisotopic (exact) mass is 393 g/mol. The van der Waals surface area contributed by atoms with E-state index in [1.165, 1.54) is 24.3 Å². The molecule has 8 nitrogen and oxygen atoms in total. The Kier molecular flexibility index (Phi) is 7.32. The number of halogens is 1. The van der Waals surface area contributed by atoms with Crippen LogP contribution in [-0.2, 0) is 27.3 Å². The molecular weight excluding hydrogens is 369 g/mol. The van der Waals surface area contributed by atoms with Gasteiger partial charge in [0.05, 0.1) is 12.7 Å². The number of ether oxygens (including phenoxy) is 3. The van der Waals surface area contributed by atoms with Crippen molar-refractivity contribution in [3.8, 4) is 5.75 Å². The van der Waals surface area contributed by atoms with Crippen molar-refractivity contribution in [1.29, 1.82) is 0 Å². The average Bonchev–Trinajstić information content (AvgIpc) is 3.18. The van der Waals surface area contributed by atoms with E-state index in [1.807, 2.05) is 0 Å². The summed E-state index contributed by atoms with van der Waals surface area (Å²) in [6.07, 6.45) is 2.09. The number of aromatic nitrogens is 2. The Balaban J connectivity index is 1.35. The fourth-order valence-corrected chi connectivity index (χ4v) is 2.87. The van der Waals surface area contributed by atoms with Gasteiger partial charge in [-0.05, 0) is 37.1 Å². The van der Waals surface area contributed by atoms with Crippen LogP contribution in [-0.4, -0.2) is 60.5 Å². The summed E-state index contributed by atoms with van der Waals surface area (Å²) >= 11 is 0. The zero-order valence-corrected chi connectivity index (χ0v) is 15.8. The lowest BCUT2D eigenvalue weighted by Gasteiger charge is -2.31. The molecule has 1 aliphatic heterocycles. The third-order valence-corrected chi connectivity index (χ3v) is 4.45.